The first kappa shape index (κ1) is 14.0. The van der Waals surface area contributed by atoms with E-state index in [-0.39, 0.29) is 12.3 Å². The van der Waals surface area contributed by atoms with E-state index in [1.165, 1.54) is 10.6 Å². The van der Waals surface area contributed by atoms with E-state index in [4.69, 9.17) is 0 Å². The van der Waals surface area contributed by atoms with E-state index < -0.39 is 21.8 Å². The molecule has 1 atom stereocenters. The number of nitrogens with one attached hydrogen (secondary N) is 1. The number of hydrogen-bond donors (Lipinski definition) is 1. The van der Waals surface area contributed by atoms with E-state index in [0.717, 1.165) is 12.8 Å². The molecule has 8 heteroatoms. The quantitative estimate of drug-likeness (QED) is 0.781. The SMILES string of the molecule is C=CCNS(=O)(=O)CC1CCCCc2noc(=O)n21. The monoisotopic (exact) mass is 287 g/mol. The van der Waals surface area contributed by atoms with Crippen LogP contribution in [-0.2, 0) is 16.4 Å². The van der Waals surface area contributed by atoms with Gasteiger partial charge in [-0.3, -0.25) is 9.09 Å². The van der Waals surface area contributed by atoms with Gasteiger partial charge in [-0.15, -0.1) is 6.58 Å². The van der Waals surface area contributed by atoms with E-state index >= 15 is 0 Å². The lowest BCUT2D eigenvalue weighted by atomic mass is 10.1. The summed E-state index contributed by atoms with van der Waals surface area (Å²) in [5.74, 6) is -0.193. The van der Waals surface area contributed by atoms with Gasteiger partial charge in [-0.25, -0.2) is 17.9 Å². The van der Waals surface area contributed by atoms with Crippen molar-refractivity contribution in [3.8, 4) is 0 Å². The molecule has 0 spiro atoms. The van der Waals surface area contributed by atoms with Crippen molar-refractivity contribution in [1.82, 2.24) is 14.4 Å². The zero-order valence-electron chi connectivity index (χ0n) is 10.5. The maximum atomic E-state index is 11.9. The predicted molar refractivity (Wildman–Crippen MR) is 69.3 cm³/mol. The molecule has 0 saturated heterocycles. The Morgan fingerprint density at radius 2 is 2.32 bits per heavy atom. The van der Waals surface area contributed by atoms with Crippen LogP contribution in [0.1, 0.15) is 31.1 Å². The van der Waals surface area contributed by atoms with Crippen LogP contribution in [0.25, 0.3) is 0 Å². The Morgan fingerprint density at radius 3 is 3.05 bits per heavy atom. The van der Waals surface area contributed by atoms with E-state index in [1.54, 1.807) is 0 Å². The van der Waals surface area contributed by atoms with Crippen LogP contribution in [0.4, 0.5) is 0 Å². The molecule has 1 unspecified atom stereocenters. The zero-order chi connectivity index (χ0) is 13.9. The number of rotatable bonds is 5. The third-order valence-corrected chi connectivity index (χ3v) is 4.55. The fourth-order valence-corrected chi connectivity index (χ4v) is 3.57. The van der Waals surface area contributed by atoms with Gasteiger partial charge in [-0.2, -0.15) is 0 Å². The number of sulfonamides is 1. The summed E-state index contributed by atoms with van der Waals surface area (Å²) in [7, 11) is -3.45. The Kier molecular flexibility index (Phi) is 4.20. The number of nitrogens with zero attached hydrogens (tertiary/aromatic N) is 2. The Balaban J connectivity index is 2.23. The van der Waals surface area contributed by atoms with Crippen LogP contribution in [0.3, 0.4) is 0 Å². The molecule has 1 aromatic heterocycles. The minimum Gasteiger partial charge on any atom is -0.296 e. The van der Waals surface area contributed by atoms with Gasteiger partial charge >= 0.3 is 5.76 Å². The van der Waals surface area contributed by atoms with Crippen LogP contribution in [0.5, 0.6) is 0 Å². The molecule has 2 heterocycles. The lowest BCUT2D eigenvalue weighted by Gasteiger charge is -2.16. The average Bonchev–Trinajstić information content (AvgIpc) is 2.60. The summed E-state index contributed by atoms with van der Waals surface area (Å²) in [5.41, 5.74) is 0. The molecule has 0 fully saturated rings. The Bertz CT molecular complexity index is 602. The molecule has 19 heavy (non-hydrogen) atoms. The van der Waals surface area contributed by atoms with Crippen molar-refractivity contribution < 1.29 is 12.9 Å². The van der Waals surface area contributed by atoms with Gasteiger partial charge in [-0.1, -0.05) is 17.7 Å². The average molecular weight is 287 g/mol. The largest absolute Gasteiger partial charge is 0.441 e. The first-order valence-electron chi connectivity index (χ1n) is 6.19. The van der Waals surface area contributed by atoms with Crippen molar-refractivity contribution in [3.63, 3.8) is 0 Å². The van der Waals surface area contributed by atoms with Crippen LogP contribution < -0.4 is 10.5 Å². The highest BCUT2D eigenvalue weighted by atomic mass is 32.2. The summed E-state index contributed by atoms with van der Waals surface area (Å²) >= 11 is 0. The molecule has 0 aromatic carbocycles. The highest BCUT2D eigenvalue weighted by molar-refractivity contribution is 7.89. The summed E-state index contributed by atoms with van der Waals surface area (Å²) in [6.07, 6.45) is 4.49. The van der Waals surface area contributed by atoms with Crippen LogP contribution >= 0.6 is 0 Å². The molecule has 0 amide bonds. The molecule has 0 aliphatic carbocycles. The minimum atomic E-state index is -3.45. The molecule has 1 aromatic rings. The van der Waals surface area contributed by atoms with Crippen LogP contribution in [-0.4, -0.2) is 30.4 Å². The minimum absolute atomic E-state index is 0.144. The fraction of sp³-hybridized carbons (Fsp3) is 0.636. The van der Waals surface area contributed by atoms with Crippen molar-refractivity contribution >= 4 is 10.0 Å². The van der Waals surface area contributed by atoms with Gasteiger partial charge in [0.15, 0.2) is 5.82 Å². The van der Waals surface area contributed by atoms with Gasteiger partial charge in [0.2, 0.25) is 10.0 Å². The van der Waals surface area contributed by atoms with Gasteiger partial charge in [0.05, 0.1) is 11.8 Å². The Morgan fingerprint density at radius 1 is 1.53 bits per heavy atom. The van der Waals surface area contributed by atoms with Crippen molar-refractivity contribution in [2.45, 2.75) is 31.7 Å². The van der Waals surface area contributed by atoms with Gasteiger partial charge in [0.25, 0.3) is 0 Å². The summed E-state index contributed by atoms with van der Waals surface area (Å²) in [6, 6.07) is -0.418. The maximum Gasteiger partial charge on any atom is 0.441 e. The normalized spacial score (nSPS) is 19.7. The van der Waals surface area contributed by atoms with E-state index in [2.05, 4.69) is 21.0 Å². The summed E-state index contributed by atoms with van der Waals surface area (Å²) < 4.78 is 32.2. The van der Waals surface area contributed by atoms with Gasteiger partial charge < -0.3 is 0 Å². The first-order chi connectivity index (χ1) is 9.03. The van der Waals surface area contributed by atoms with Crippen LogP contribution in [0.15, 0.2) is 22.0 Å². The molecule has 1 N–H and O–H groups in total. The Labute approximate surface area is 111 Å². The van der Waals surface area contributed by atoms with Crippen LogP contribution in [0.2, 0.25) is 0 Å². The van der Waals surface area contributed by atoms with Crippen molar-refractivity contribution in [1.29, 1.82) is 0 Å². The molecular weight excluding hydrogens is 270 g/mol. The number of aryl methyl sites for hydroxylation is 1. The lowest BCUT2D eigenvalue weighted by Crippen LogP contribution is -2.34. The smallest absolute Gasteiger partial charge is 0.296 e. The second kappa shape index (κ2) is 5.70. The molecule has 7 nitrogen and oxygen atoms in total. The third kappa shape index (κ3) is 3.32. The summed E-state index contributed by atoms with van der Waals surface area (Å²) in [4.78, 5) is 11.6. The van der Waals surface area contributed by atoms with Gasteiger partial charge in [0, 0.05) is 13.0 Å². The second-order valence-corrected chi connectivity index (χ2v) is 6.40. The topological polar surface area (TPSA) is 94.2 Å². The zero-order valence-corrected chi connectivity index (χ0v) is 11.4. The van der Waals surface area contributed by atoms with Crippen molar-refractivity contribution in [2.75, 3.05) is 12.3 Å². The molecule has 1 aliphatic rings. The van der Waals surface area contributed by atoms with Gasteiger partial charge in [-0.05, 0) is 12.8 Å². The molecule has 0 bridgehead atoms. The number of hydrogen-bond acceptors (Lipinski definition) is 5. The first-order valence-corrected chi connectivity index (χ1v) is 7.84. The second-order valence-electron chi connectivity index (χ2n) is 4.55. The molecule has 106 valence electrons. The Hall–Kier alpha value is -1.41. The molecule has 1 aliphatic heterocycles. The van der Waals surface area contributed by atoms with E-state index in [0.29, 0.717) is 18.7 Å². The standard InChI is InChI=1S/C11H17N3O4S/c1-2-7-12-19(16,17)8-9-5-3-4-6-10-13-18-11(15)14(9)10/h2,9,12H,1,3-8H2. The highest BCUT2D eigenvalue weighted by Gasteiger charge is 2.27. The molecule has 0 radical (unpaired) electrons. The van der Waals surface area contributed by atoms with Crippen LogP contribution in [0, 0.1) is 0 Å². The van der Waals surface area contributed by atoms with Crippen molar-refractivity contribution in [2.24, 2.45) is 0 Å². The molecule has 0 saturated carbocycles. The molecular formula is C11H17N3O4S. The molecule has 2 rings (SSSR count). The fourth-order valence-electron chi connectivity index (χ4n) is 2.26. The number of fused-ring (bicyclic) bond motifs is 1. The van der Waals surface area contributed by atoms with Crippen molar-refractivity contribution in [3.05, 3.63) is 29.0 Å². The van der Waals surface area contributed by atoms with E-state index in [9.17, 15) is 13.2 Å². The summed E-state index contributed by atoms with van der Waals surface area (Å²) in [5, 5.41) is 3.70. The summed E-state index contributed by atoms with van der Waals surface area (Å²) in [6.45, 7) is 3.64. The van der Waals surface area contributed by atoms with E-state index in [1.807, 2.05) is 0 Å². The predicted octanol–water partition coefficient (Wildman–Crippen LogP) is 0.209. The van der Waals surface area contributed by atoms with Gasteiger partial charge in [0.1, 0.15) is 0 Å². The third-order valence-electron chi connectivity index (χ3n) is 3.12. The number of aromatic nitrogens is 2. The maximum absolute atomic E-state index is 11.9. The highest BCUT2D eigenvalue weighted by Crippen LogP contribution is 2.22. The lowest BCUT2D eigenvalue weighted by molar-refractivity contribution is 0.358.